The van der Waals surface area contributed by atoms with E-state index in [0.717, 1.165) is 6.07 Å². The number of halogens is 4. The van der Waals surface area contributed by atoms with Crippen molar-refractivity contribution in [2.24, 2.45) is 0 Å². The smallest absolute Gasteiger partial charge is 0.385 e. The SMILES string of the molecule is COCCCNC(=O)c1ccc(Br)c(C(F)(F)F)c1. The van der Waals surface area contributed by atoms with Gasteiger partial charge in [-0.2, -0.15) is 13.2 Å². The Labute approximate surface area is 117 Å². The van der Waals surface area contributed by atoms with Crippen LogP contribution in [0.15, 0.2) is 22.7 Å². The minimum Gasteiger partial charge on any atom is -0.385 e. The van der Waals surface area contributed by atoms with Crippen LogP contribution >= 0.6 is 15.9 Å². The molecule has 0 aromatic heterocycles. The largest absolute Gasteiger partial charge is 0.417 e. The van der Waals surface area contributed by atoms with E-state index in [4.69, 9.17) is 4.74 Å². The van der Waals surface area contributed by atoms with E-state index in [1.54, 1.807) is 0 Å². The number of rotatable bonds is 5. The van der Waals surface area contributed by atoms with Crippen molar-refractivity contribution < 1.29 is 22.7 Å². The first-order valence-corrected chi connectivity index (χ1v) is 6.29. The van der Waals surface area contributed by atoms with Crippen molar-refractivity contribution >= 4 is 21.8 Å². The average Bonchev–Trinajstić information content (AvgIpc) is 2.33. The van der Waals surface area contributed by atoms with Crippen molar-refractivity contribution in [1.29, 1.82) is 0 Å². The van der Waals surface area contributed by atoms with Crippen molar-refractivity contribution in [3.63, 3.8) is 0 Å². The molecule has 0 saturated carbocycles. The van der Waals surface area contributed by atoms with Gasteiger partial charge < -0.3 is 10.1 Å². The highest BCUT2D eigenvalue weighted by atomic mass is 79.9. The summed E-state index contributed by atoms with van der Waals surface area (Å²) in [6.07, 6.45) is -3.89. The first-order valence-electron chi connectivity index (χ1n) is 5.50. The molecule has 1 aromatic carbocycles. The van der Waals surface area contributed by atoms with Crippen LogP contribution in [-0.4, -0.2) is 26.2 Å². The van der Waals surface area contributed by atoms with Crippen LogP contribution in [0, 0.1) is 0 Å². The first-order chi connectivity index (χ1) is 8.86. The number of alkyl halides is 3. The number of hydrogen-bond donors (Lipinski definition) is 1. The summed E-state index contributed by atoms with van der Waals surface area (Å²) in [5, 5.41) is 2.53. The van der Waals surface area contributed by atoms with Crippen LogP contribution in [0.4, 0.5) is 13.2 Å². The topological polar surface area (TPSA) is 38.3 Å². The van der Waals surface area contributed by atoms with Gasteiger partial charge >= 0.3 is 6.18 Å². The molecule has 1 amide bonds. The van der Waals surface area contributed by atoms with Gasteiger partial charge in [-0.25, -0.2) is 0 Å². The molecule has 7 heteroatoms. The van der Waals surface area contributed by atoms with Gasteiger partial charge in [0.05, 0.1) is 5.56 Å². The molecular formula is C12H13BrF3NO2. The molecule has 0 atom stereocenters. The fourth-order valence-electron chi connectivity index (χ4n) is 1.40. The standard InChI is InChI=1S/C12H13BrF3NO2/c1-19-6-2-5-17-11(18)8-3-4-10(13)9(7-8)12(14,15)16/h3-4,7H,2,5-6H2,1H3,(H,17,18). The molecule has 1 N–H and O–H groups in total. The van der Waals surface area contributed by atoms with Gasteiger partial charge in [0.15, 0.2) is 0 Å². The van der Waals surface area contributed by atoms with Crippen molar-refractivity contribution in [2.75, 3.05) is 20.3 Å². The molecule has 0 bridgehead atoms. The Morgan fingerprint density at radius 1 is 1.42 bits per heavy atom. The van der Waals surface area contributed by atoms with Gasteiger partial charge in [-0.3, -0.25) is 4.79 Å². The molecule has 0 aliphatic heterocycles. The molecule has 0 saturated heterocycles. The van der Waals surface area contributed by atoms with Crippen molar-refractivity contribution in [3.05, 3.63) is 33.8 Å². The van der Waals surface area contributed by atoms with Gasteiger partial charge in [0, 0.05) is 30.3 Å². The Bertz CT molecular complexity index is 449. The highest BCUT2D eigenvalue weighted by molar-refractivity contribution is 9.10. The first kappa shape index (κ1) is 16.0. The van der Waals surface area contributed by atoms with Crippen LogP contribution in [0.5, 0.6) is 0 Å². The van der Waals surface area contributed by atoms with Gasteiger partial charge in [-0.1, -0.05) is 15.9 Å². The second-order valence-electron chi connectivity index (χ2n) is 3.79. The third kappa shape index (κ3) is 4.83. The number of carbonyl (C=O) groups is 1. The van der Waals surface area contributed by atoms with E-state index in [9.17, 15) is 18.0 Å². The predicted molar refractivity (Wildman–Crippen MR) is 68.0 cm³/mol. The number of methoxy groups -OCH3 is 1. The maximum atomic E-state index is 12.7. The van der Waals surface area contributed by atoms with E-state index >= 15 is 0 Å². The molecule has 0 heterocycles. The zero-order valence-electron chi connectivity index (χ0n) is 10.2. The zero-order valence-corrected chi connectivity index (χ0v) is 11.8. The minimum atomic E-state index is -4.49. The molecule has 0 aliphatic carbocycles. The summed E-state index contributed by atoms with van der Waals surface area (Å²) in [6, 6.07) is 3.38. The van der Waals surface area contributed by atoms with Gasteiger partial charge in [0.25, 0.3) is 5.91 Å². The quantitative estimate of drug-likeness (QED) is 0.836. The van der Waals surface area contributed by atoms with E-state index in [1.807, 2.05) is 0 Å². The fraction of sp³-hybridized carbons (Fsp3) is 0.417. The number of carbonyl (C=O) groups excluding carboxylic acids is 1. The summed E-state index contributed by atoms with van der Waals surface area (Å²) in [5.41, 5.74) is -0.884. The van der Waals surface area contributed by atoms with Gasteiger partial charge in [0.2, 0.25) is 0 Å². The lowest BCUT2D eigenvalue weighted by Gasteiger charge is -2.11. The maximum Gasteiger partial charge on any atom is 0.417 e. The Kier molecular flexibility index (Phi) is 5.81. The summed E-state index contributed by atoms with van der Waals surface area (Å²) < 4.78 is 42.7. The lowest BCUT2D eigenvalue weighted by Crippen LogP contribution is -2.25. The Balaban J connectivity index is 2.76. The molecule has 19 heavy (non-hydrogen) atoms. The van der Waals surface area contributed by atoms with E-state index in [0.29, 0.717) is 19.6 Å². The lowest BCUT2D eigenvalue weighted by molar-refractivity contribution is -0.138. The van der Waals surface area contributed by atoms with Crippen molar-refractivity contribution in [1.82, 2.24) is 5.32 Å². The average molecular weight is 340 g/mol. The summed E-state index contributed by atoms with van der Waals surface area (Å²) in [6.45, 7) is 0.832. The molecule has 0 unspecified atom stereocenters. The normalized spacial score (nSPS) is 11.4. The van der Waals surface area contributed by atoms with Crippen LogP contribution in [-0.2, 0) is 10.9 Å². The van der Waals surface area contributed by atoms with Gasteiger partial charge in [0.1, 0.15) is 0 Å². The molecule has 0 spiro atoms. The number of hydrogen-bond acceptors (Lipinski definition) is 2. The molecule has 0 fully saturated rings. The Morgan fingerprint density at radius 3 is 2.68 bits per heavy atom. The molecule has 0 aliphatic rings. The second-order valence-corrected chi connectivity index (χ2v) is 4.65. The number of nitrogens with one attached hydrogen (secondary N) is 1. The number of benzene rings is 1. The van der Waals surface area contributed by atoms with Crippen LogP contribution in [0.3, 0.4) is 0 Å². The third-order valence-corrected chi connectivity index (χ3v) is 3.04. The Hall–Kier alpha value is -1.08. The second kappa shape index (κ2) is 6.91. The van der Waals surface area contributed by atoms with Crippen molar-refractivity contribution in [2.45, 2.75) is 12.6 Å². The van der Waals surface area contributed by atoms with Gasteiger partial charge in [-0.15, -0.1) is 0 Å². The highest BCUT2D eigenvalue weighted by Crippen LogP contribution is 2.35. The molecule has 106 valence electrons. The molecule has 0 radical (unpaired) electrons. The highest BCUT2D eigenvalue weighted by Gasteiger charge is 2.33. The minimum absolute atomic E-state index is 0.0204. The number of amides is 1. The third-order valence-electron chi connectivity index (χ3n) is 2.34. The van der Waals surface area contributed by atoms with Crippen LogP contribution in [0.25, 0.3) is 0 Å². The summed E-state index contributed by atoms with van der Waals surface area (Å²) in [7, 11) is 1.53. The maximum absolute atomic E-state index is 12.7. The number of ether oxygens (including phenoxy) is 1. The molecular weight excluding hydrogens is 327 g/mol. The monoisotopic (exact) mass is 339 g/mol. The summed E-state index contributed by atoms with van der Waals surface area (Å²) in [5.74, 6) is -0.533. The van der Waals surface area contributed by atoms with Gasteiger partial charge in [-0.05, 0) is 24.6 Å². The summed E-state index contributed by atoms with van der Waals surface area (Å²) in [4.78, 5) is 11.7. The van der Waals surface area contributed by atoms with Crippen LogP contribution in [0.2, 0.25) is 0 Å². The van der Waals surface area contributed by atoms with Crippen molar-refractivity contribution in [3.8, 4) is 0 Å². The Morgan fingerprint density at radius 2 is 2.11 bits per heavy atom. The van der Waals surface area contributed by atoms with E-state index in [2.05, 4.69) is 21.2 Å². The fourth-order valence-corrected chi connectivity index (χ4v) is 1.88. The molecule has 1 rings (SSSR count). The van der Waals surface area contributed by atoms with Crippen LogP contribution in [0.1, 0.15) is 22.3 Å². The van der Waals surface area contributed by atoms with E-state index < -0.39 is 17.6 Å². The lowest BCUT2D eigenvalue weighted by atomic mass is 10.1. The molecule has 3 nitrogen and oxygen atoms in total. The van der Waals surface area contributed by atoms with Crippen LogP contribution < -0.4 is 5.32 Å². The van der Waals surface area contributed by atoms with E-state index in [1.165, 1.54) is 19.2 Å². The van der Waals surface area contributed by atoms with E-state index in [-0.39, 0.29) is 10.0 Å². The predicted octanol–water partition coefficient (Wildman–Crippen LogP) is 3.23. The zero-order chi connectivity index (χ0) is 14.5. The molecule has 1 aromatic rings. The summed E-state index contributed by atoms with van der Waals surface area (Å²) >= 11 is 2.82.